The van der Waals surface area contributed by atoms with E-state index >= 15 is 0 Å². The van der Waals surface area contributed by atoms with E-state index in [1.807, 2.05) is 0 Å². The second-order valence-corrected chi connectivity index (χ2v) is 13.4. The second kappa shape index (κ2) is 12.7. The highest BCUT2D eigenvalue weighted by atomic mass is 16.2. The van der Waals surface area contributed by atoms with Gasteiger partial charge in [0.15, 0.2) is 12.3 Å². The van der Waals surface area contributed by atoms with E-state index in [0.29, 0.717) is 25.9 Å². The number of hydrogen-bond donors (Lipinski definition) is 2. The van der Waals surface area contributed by atoms with Crippen LogP contribution in [0.5, 0.6) is 0 Å². The highest BCUT2D eigenvalue weighted by Crippen LogP contribution is 2.51. The van der Waals surface area contributed by atoms with Gasteiger partial charge in [-0.3, -0.25) is 9.59 Å². The summed E-state index contributed by atoms with van der Waals surface area (Å²) in [6.07, 6.45) is 11.5. The van der Waals surface area contributed by atoms with Crippen LogP contribution in [0.25, 0.3) is 21.5 Å². The number of anilines is 1. The lowest BCUT2D eigenvalue weighted by molar-refractivity contribution is -0.436. The molecule has 2 aliphatic heterocycles. The van der Waals surface area contributed by atoms with Crippen molar-refractivity contribution in [1.82, 2.24) is 10.6 Å². The van der Waals surface area contributed by atoms with Gasteiger partial charge in [-0.05, 0) is 59.2 Å². The van der Waals surface area contributed by atoms with Crippen molar-refractivity contribution in [2.24, 2.45) is 0 Å². The third kappa shape index (κ3) is 5.67. The Morgan fingerprint density at radius 2 is 1.34 bits per heavy atom. The standard InChI is InChI=1S/C41H44N4O2/c1-40(2)34(44(26-24-36(46)42-5)32-22-20-28-14-10-12-16-30(28)38(32)40)18-8-7-9-19-35-41(3,4)39-31-17-13-11-15-29(31)21-23-33(39)45(35)27-25-37(47)43-6/h7-23H,24-27H2,1-6H3,(H-,42,43,46,47)/p+1. The summed E-state index contributed by atoms with van der Waals surface area (Å²) >= 11 is 0. The first-order valence-corrected chi connectivity index (χ1v) is 16.5. The minimum Gasteiger partial charge on any atom is -0.359 e. The lowest BCUT2D eigenvalue weighted by Crippen LogP contribution is -2.30. The zero-order valence-corrected chi connectivity index (χ0v) is 28.4. The summed E-state index contributed by atoms with van der Waals surface area (Å²) in [5.41, 5.74) is 6.73. The van der Waals surface area contributed by atoms with Crippen molar-refractivity contribution in [2.45, 2.75) is 51.4 Å². The number of fused-ring (bicyclic) bond motifs is 6. The molecule has 0 saturated heterocycles. The van der Waals surface area contributed by atoms with Crippen LogP contribution in [0.3, 0.4) is 0 Å². The SMILES string of the molecule is CNC(=O)CCN1/C(=C/C=C/C=C/C2=[N+](CCC(=O)NC)c3ccc4ccccc4c3C2(C)C)C(C)(C)c2c1ccc1ccccc21. The first-order valence-electron chi connectivity index (χ1n) is 16.5. The van der Waals surface area contributed by atoms with Crippen molar-refractivity contribution in [1.29, 1.82) is 0 Å². The van der Waals surface area contributed by atoms with Crippen molar-refractivity contribution >= 4 is 50.4 Å². The summed E-state index contributed by atoms with van der Waals surface area (Å²) in [7, 11) is 3.38. The Labute approximate surface area is 278 Å². The Bertz CT molecular complexity index is 2010. The average Bonchev–Trinajstić information content (AvgIpc) is 3.43. The number of benzene rings is 4. The molecule has 0 saturated carbocycles. The molecule has 6 rings (SSSR count). The quantitative estimate of drug-likeness (QED) is 0.150. The van der Waals surface area contributed by atoms with E-state index in [0.717, 1.165) is 22.8 Å². The van der Waals surface area contributed by atoms with Gasteiger partial charge >= 0.3 is 0 Å². The molecule has 0 aliphatic carbocycles. The van der Waals surface area contributed by atoms with Gasteiger partial charge in [0.05, 0.1) is 11.8 Å². The number of carbonyl (C=O) groups excluding carboxylic acids is 2. The van der Waals surface area contributed by atoms with Crippen molar-refractivity contribution in [3.05, 3.63) is 120 Å². The Hall–Kier alpha value is -4.97. The Balaban J connectivity index is 1.36. The summed E-state index contributed by atoms with van der Waals surface area (Å²) in [5.74, 6) is 0.0571. The molecule has 0 aromatic heterocycles. The zero-order valence-electron chi connectivity index (χ0n) is 28.4. The van der Waals surface area contributed by atoms with Crippen LogP contribution >= 0.6 is 0 Å². The molecule has 240 valence electrons. The highest BCUT2D eigenvalue weighted by Gasteiger charge is 2.45. The summed E-state index contributed by atoms with van der Waals surface area (Å²) in [6.45, 7) is 10.3. The Kier molecular flexibility index (Phi) is 8.63. The largest absolute Gasteiger partial charge is 0.359 e. The molecule has 6 heteroatoms. The third-order valence-electron chi connectivity index (χ3n) is 9.92. The number of allylic oxidation sites excluding steroid dienone is 6. The molecule has 4 aromatic rings. The lowest BCUT2D eigenvalue weighted by atomic mass is 9.79. The van der Waals surface area contributed by atoms with E-state index in [4.69, 9.17) is 0 Å². The van der Waals surface area contributed by atoms with Crippen molar-refractivity contribution in [3.63, 3.8) is 0 Å². The van der Waals surface area contributed by atoms with E-state index in [-0.39, 0.29) is 22.6 Å². The van der Waals surface area contributed by atoms with E-state index in [9.17, 15) is 9.59 Å². The van der Waals surface area contributed by atoms with Gasteiger partial charge in [0.1, 0.15) is 0 Å². The van der Waals surface area contributed by atoms with Crippen molar-refractivity contribution < 1.29 is 14.2 Å². The van der Waals surface area contributed by atoms with Crippen LogP contribution in [-0.4, -0.2) is 49.3 Å². The fourth-order valence-corrected chi connectivity index (χ4v) is 7.59. The smallest absolute Gasteiger partial charge is 0.226 e. The fraction of sp³-hybridized carbons (Fsp3) is 0.293. The topological polar surface area (TPSA) is 64.5 Å². The van der Waals surface area contributed by atoms with Crippen LogP contribution in [0, 0.1) is 0 Å². The first kappa shape index (κ1) is 32.0. The maximum absolute atomic E-state index is 12.3. The summed E-state index contributed by atoms with van der Waals surface area (Å²) in [4.78, 5) is 26.9. The summed E-state index contributed by atoms with van der Waals surface area (Å²) in [6, 6.07) is 25.8. The molecular weight excluding hydrogens is 580 g/mol. The van der Waals surface area contributed by atoms with Crippen LogP contribution in [0.4, 0.5) is 11.4 Å². The fourth-order valence-electron chi connectivity index (χ4n) is 7.59. The molecule has 0 atom stereocenters. The van der Waals surface area contributed by atoms with Gasteiger partial charge in [0.2, 0.25) is 17.5 Å². The molecule has 2 heterocycles. The average molecular weight is 626 g/mol. The van der Waals surface area contributed by atoms with Crippen LogP contribution in [0.1, 0.15) is 51.7 Å². The van der Waals surface area contributed by atoms with E-state index in [1.165, 1.54) is 32.7 Å². The van der Waals surface area contributed by atoms with Crippen LogP contribution < -0.4 is 15.5 Å². The predicted molar refractivity (Wildman–Crippen MR) is 195 cm³/mol. The number of rotatable bonds is 9. The maximum Gasteiger partial charge on any atom is 0.226 e. The van der Waals surface area contributed by atoms with Crippen molar-refractivity contribution in [3.8, 4) is 0 Å². The molecule has 0 radical (unpaired) electrons. The first-order chi connectivity index (χ1) is 22.6. The van der Waals surface area contributed by atoms with Crippen LogP contribution in [0.15, 0.2) is 109 Å². The van der Waals surface area contributed by atoms with Gasteiger partial charge in [0, 0.05) is 61.6 Å². The van der Waals surface area contributed by atoms with E-state index in [2.05, 4.69) is 151 Å². The van der Waals surface area contributed by atoms with Gasteiger partial charge in [-0.25, -0.2) is 0 Å². The molecule has 2 amide bonds. The van der Waals surface area contributed by atoms with Gasteiger partial charge < -0.3 is 15.5 Å². The zero-order chi connectivity index (χ0) is 33.3. The Morgan fingerprint density at radius 3 is 2.02 bits per heavy atom. The van der Waals surface area contributed by atoms with Crippen LogP contribution in [0.2, 0.25) is 0 Å². The molecule has 6 nitrogen and oxygen atoms in total. The number of carbonyl (C=O) groups is 2. The van der Waals surface area contributed by atoms with E-state index < -0.39 is 0 Å². The van der Waals surface area contributed by atoms with E-state index in [1.54, 1.807) is 14.1 Å². The van der Waals surface area contributed by atoms with Gasteiger partial charge in [-0.15, -0.1) is 0 Å². The van der Waals surface area contributed by atoms with Crippen molar-refractivity contribution in [2.75, 3.05) is 32.1 Å². The van der Waals surface area contributed by atoms with Gasteiger partial charge in [-0.2, -0.15) is 4.58 Å². The molecule has 4 aromatic carbocycles. The summed E-state index contributed by atoms with van der Waals surface area (Å²) in [5, 5.41) is 10.5. The number of nitrogens with zero attached hydrogens (tertiary/aromatic N) is 2. The number of amides is 2. The highest BCUT2D eigenvalue weighted by molar-refractivity contribution is 6.07. The molecule has 2 aliphatic rings. The summed E-state index contributed by atoms with van der Waals surface area (Å²) < 4.78 is 2.31. The minimum atomic E-state index is -0.255. The number of nitrogens with one attached hydrogen (secondary N) is 2. The maximum atomic E-state index is 12.3. The van der Waals surface area contributed by atoms with Gasteiger partial charge in [-0.1, -0.05) is 86.7 Å². The molecular formula is C41H45N4O2+. The number of hydrogen-bond acceptors (Lipinski definition) is 3. The Morgan fingerprint density at radius 1 is 0.723 bits per heavy atom. The molecule has 0 spiro atoms. The normalized spacial score (nSPS) is 17.3. The third-order valence-corrected chi connectivity index (χ3v) is 9.92. The molecule has 0 unspecified atom stereocenters. The molecule has 0 fully saturated rings. The monoisotopic (exact) mass is 625 g/mol. The lowest BCUT2D eigenvalue weighted by Gasteiger charge is -2.27. The minimum absolute atomic E-state index is 0.0285. The predicted octanol–water partition coefficient (Wildman–Crippen LogP) is 7.44. The van der Waals surface area contributed by atoms with Gasteiger partial charge in [0.25, 0.3) is 0 Å². The molecule has 2 N–H and O–H groups in total. The molecule has 0 bridgehead atoms. The molecule has 47 heavy (non-hydrogen) atoms. The van der Waals surface area contributed by atoms with Crippen LogP contribution in [-0.2, 0) is 20.4 Å². The second-order valence-electron chi connectivity index (χ2n) is 13.4.